The summed E-state index contributed by atoms with van der Waals surface area (Å²) in [6.07, 6.45) is 5.96. The number of aromatic nitrogens is 1. The highest BCUT2D eigenvalue weighted by molar-refractivity contribution is 6.30. The molecule has 0 saturated heterocycles. The molecule has 27 heavy (non-hydrogen) atoms. The van der Waals surface area contributed by atoms with Gasteiger partial charge in [0, 0.05) is 17.8 Å². The Hall–Kier alpha value is -2.86. The van der Waals surface area contributed by atoms with E-state index in [-0.39, 0.29) is 0 Å². The highest BCUT2D eigenvalue weighted by Gasteiger charge is 2.20. The molecule has 0 aliphatic heterocycles. The van der Waals surface area contributed by atoms with Crippen molar-refractivity contribution in [1.82, 2.24) is 4.98 Å². The topological polar surface area (TPSA) is 80.3 Å². The Bertz CT molecular complexity index is 936. The van der Waals surface area contributed by atoms with Crippen molar-refractivity contribution in [3.63, 3.8) is 0 Å². The fourth-order valence-corrected chi connectivity index (χ4v) is 2.72. The van der Waals surface area contributed by atoms with E-state index in [2.05, 4.69) is 15.6 Å². The zero-order valence-corrected chi connectivity index (χ0v) is 15.5. The lowest BCUT2D eigenvalue weighted by Crippen LogP contribution is -2.36. The van der Waals surface area contributed by atoms with E-state index >= 15 is 0 Å². The molecular formula is C20H20ClN3O3. The smallest absolute Gasteiger partial charge is 0.253 e. The molecule has 0 unspecified atom stereocenters. The summed E-state index contributed by atoms with van der Waals surface area (Å²) in [7, 11) is 0. The van der Waals surface area contributed by atoms with Gasteiger partial charge in [0.05, 0.1) is 18.5 Å². The number of anilines is 3. The summed E-state index contributed by atoms with van der Waals surface area (Å²) in [5, 5.41) is 6.69. The van der Waals surface area contributed by atoms with E-state index in [9.17, 15) is 9.59 Å². The highest BCUT2D eigenvalue weighted by atomic mass is 35.5. The minimum absolute atomic E-state index is 0.305. The molecule has 0 bridgehead atoms. The summed E-state index contributed by atoms with van der Waals surface area (Å²) in [5.74, 6) is 0.798. The predicted molar refractivity (Wildman–Crippen MR) is 108 cm³/mol. The van der Waals surface area contributed by atoms with Crippen LogP contribution in [-0.2, 0) is 0 Å². The molecule has 3 rings (SSSR count). The number of hydrogen-bond acceptors (Lipinski definition) is 6. The molecule has 7 heteroatoms. The first-order chi connectivity index (χ1) is 13.1. The monoisotopic (exact) mass is 385 g/mol. The van der Waals surface area contributed by atoms with Crippen molar-refractivity contribution in [2.24, 2.45) is 0 Å². The summed E-state index contributed by atoms with van der Waals surface area (Å²) in [6, 6.07) is 10.8. The normalized spacial score (nSPS) is 10.7. The van der Waals surface area contributed by atoms with Crippen LogP contribution in [0.3, 0.4) is 0 Å². The van der Waals surface area contributed by atoms with Crippen LogP contribution in [0.4, 0.5) is 17.1 Å². The lowest BCUT2D eigenvalue weighted by molar-refractivity contribution is 0.306. The summed E-state index contributed by atoms with van der Waals surface area (Å²) in [6.45, 7) is 1.24. The van der Waals surface area contributed by atoms with Gasteiger partial charge in [-0.05, 0) is 55.7 Å². The van der Waals surface area contributed by atoms with Gasteiger partial charge in [-0.1, -0.05) is 11.6 Å². The molecule has 3 aromatic rings. The number of nitrogens with one attached hydrogen (secondary N) is 2. The molecule has 140 valence electrons. The van der Waals surface area contributed by atoms with Crippen molar-refractivity contribution < 1.29 is 4.74 Å². The molecule has 6 nitrogen and oxygen atoms in total. The van der Waals surface area contributed by atoms with E-state index in [1.165, 1.54) is 0 Å². The largest absolute Gasteiger partial charge is 0.494 e. The molecule has 0 fully saturated rings. The van der Waals surface area contributed by atoms with Gasteiger partial charge >= 0.3 is 0 Å². The lowest BCUT2D eigenvalue weighted by Gasteiger charge is -2.14. The molecule has 2 aromatic carbocycles. The number of hydrogen-bond donors (Lipinski definition) is 2. The molecule has 1 heterocycles. The Labute approximate surface area is 161 Å². The van der Waals surface area contributed by atoms with Gasteiger partial charge in [0.2, 0.25) is 0 Å². The Morgan fingerprint density at radius 3 is 2.48 bits per heavy atom. The molecule has 0 spiro atoms. The van der Waals surface area contributed by atoms with E-state index in [1.54, 1.807) is 36.7 Å². The third-order valence-corrected chi connectivity index (χ3v) is 4.30. The van der Waals surface area contributed by atoms with Crippen molar-refractivity contribution >= 4 is 28.7 Å². The maximum absolute atomic E-state index is 11.8. The van der Waals surface area contributed by atoms with Crippen LogP contribution in [0.1, 0.15) is 19.3 Å². The number of benzene rings is 1. The Morgan fingerprint density at radius 2 is 1.74 bits per heavy atom. The van der Waals surface area contributed by atoms with Crippen LogP contribution in [0.5, 0.6) is 5.75 Å². The summed E-state index contributed by atoms with van der Waals surface area (Å²) in [5.41, 5.74) is 0.345. The number of ether oxygens (including phenoxy) is 1. The third-order valence-electron chi connectivity index (χ3n) is 4.05. The minimum Gasteiger partial charge on any atom is -0.494 e. The standard InChI is InChI=1S/C20H20ClN3O3/c21-14-6-8-16(9-7-14)27-12-3-1-2-11-23-17-18(20(26)19(17)25)24-15-5-4-10-22-13-15/h4-10,13,23-24H,1-3,11-12H2. The SMILES string of the molecule is O=c1c(NCCCCCOc2ccc(Cl)cc2)c(Nc2cccnc2)c1=O. The first-order valence-electron chi connectivity index (χ1n) is 8.78. The van der Waals surface area contributed by atoms with Crippen LogP contribution in [0.25, 0.3) is 0 Å². The van der Waals surface area contributed by atoms with Crippen LogP contribution >= 0.6 is 11.6 Å². The van der Waals surface area contributed by atoms with Gasteiger partial charge in [0.15, 0.2) is 0 Å². The Morgan fingerprint density at radius 1 is 0.963 bits per heavy atom. The van der Waals surface area contributed by atoms with Crippen LogP contribution in [-0.4, -0.2) is 18.1 Å². The van der Waals surface area contributed by atoms with Gasteiger partial charge in [0.25, 0.3) is 10.9 Å². The molecule has 0 saturated carbocycles. The zero-order chi connectivity index (χ0) is 19.1. The second-order valence-electron chi connectivity index (χ2n) is 6.06. The zero-order valence-electron chi connectivity index (χ0n) is 14.7. The summed E-state index contributed by atoms with van der Waals surface area (Å²) in [4.78, 5) is 27.5. The lowest BCUT2D eigenvalue weighted by atomic mass is 10.1. The Balaban J connectivity index is 1.37. The van der Waals surface area contributed by atoms with Crippen molar-refractivity contribution in [2.75, 3.05) is 23.8 Å². The van der Waals surface area contributed by atoms with Crippen molar-refractivity contribution in [1.29, 1.82) is 0 Å². The van der Waals surface area contributed by atoms with Gasteiger partial charge in [-0.25, -0.2) is 0 Å². The molecule has 0 aliphatic rings. The molecule has 0 radical (unpaired) electrons. The van der Waals surface area contributed by atoms with E-state index in [4.69, 9.17) is 16.3 Å². The summed E-state index contributed by atoms with van der Waals surface area (Å²) < 4.78 is 5.63. The average molecular weight is 386 g/mol. The molecular weight excluding hydrogens is 366 g/mol. The second kappa shape index (κ2) is 9.19. The van der Waals surface area contributed by atoms with Gasteiger partial charge in [0.1, 0.15) is 17.1 Å². The maximum Gasteiger partial charge on any atom is 0.253 e. The summed E-state index contributed by atoms with van der Waals surface area (Å²) >= 11 is 5.83. The van der Waals surface area contributed by atoms with Gasteiger partial charge in [-0.15, -0.1) is 0 Å². The van der Waals surface area contributed by atoms with Crippen molar-refractivity contribution in [3.05, 3.63) is 74.3 Å². The molecule has 1 aromatic heterocycles. The van der Waals surface area contributed by atoms with Gasteiger partial charge in [-0.3, -0.25) is 14.6 Å². The maximum atomic E-state index is 11.8. The van der Waals surface area contributed by atoms with Crippen LogP contribution in [0, 0.1) is 0 Å². The highest BCUT2D eigenvalue weighted by Crippen LogP contribution is 2.20. The van der Waals surface area contributed by atoms with Gasteiger partial charge in [-0.2, -0.15) is 0 Å². The second-order valence-corrected chi connectivity index (χ2v) is 6.50. The Kier molecular flexibility index (Phi) is 6.44. The van der Waals surface area contributed by atoms with Crippen LogP contribution in [0.2, 0.25) is 5.02 Å². The van der Waals surface area contributed by atoms with Crippen LogP contribution < -0.4 is 26.2 Å². The average Bonchev–Trinajstić information content (AvgIpc) is 2.70. The quantitative estimate of drug-likeness (QED) is 0.409. The fraction of sp³-hybridized carbons (Fsp3) is 0.250. The number of unbranched alkanes of at least 4 members (excludes halogenated alkanes) is 2. The fourth-order valence-electron chi connectivity index (χ4n) is 2.60. The minimum atomic E-state index is -0.502. The van der Waals surface area contributed by atoms with E-state index in [0.717, 1.165) is 25.0 Å². The van der Waals surface area contributed by atoms with Gasteiger partial charge < -0.3 is 15.4 Å². The van der Waals surface area contributed by atoms with E-state index in [0.29, 0.717) is 35.2 Å². The first kappa shape index (κ1) is 18.9. The number of nitrogens with zero attached hydrogens (tertiary/aromatic N) is 1. The van der Waals surface area contributed by atoms with Crippen LogP contribution in [0.15, 0.2) is 58.4 Å². The molecule has 2 N–H and O–H groups in total. The predicted octanol–water partition coefficient (Wildman–Crippen LogP) is 3.74. The first-order valence-corrected chi connectivity index (χ1v) is 9.15. The molecule has 0 atom stereocenters. The van der Waals surface area contributed by atoms with Crippen molar-refractivity contribution in [2.45, 2.75) is 19.3 Å². The number of pyridine rings is 1. The van der Waals surface area contributed by atoms with E-state index in [1.807, 2.05) is 12.1 Å². The molecule has 0 aliphatic carbocycles. The third kappa shape index (κ3) is 5.08. The molecule has 0 amide bonds. The van der Waals surface area contributed by atoms with E-state index < -0.39 is 10.9 Å². The van der Waals surface area contributed by atoms with Crippen molar-refractivity contribution in [3.8, 4) is 5.75 Å². The number of rotatable bonds is 10. The number of halogens is 1.